The predicted octanol–water partition coefficient (Wildman–Crippen LogP) is 3.96. The van der Waals surface area contributed by atoms with E-state index in [2.05, 4.69) is 4.98 Å². The summed E-state index contributed by atoms with van der Waals surface area (Å²) in [6.45, 7) is 6.76. The third-order valence-corrected chi connectivity index (χ3v) is 8.58. The summed E-state index contributed by atoms with van der Waals surface area (Å²) in [6, 6.07) is 8.37. The highest BCUT2D eigenvalue weighted by molar-refractivity contribution is 7.89. The van der Waals surface area contributed by atoms with Crippen LogP contribution in [0.1, 0.15) is 43.6 Å². The van der Waals surface area contributed by atoms with E-state index in [1.54, 1.807) is 23.1 Å². The number of carbonyl (C=O) groups excluding carboxylic acids is 1. The number of fused-ring (bicyclic) bond motifs is 2. The van der Waals surface area contributed by atoms with Crippen LogP contribution in [0.5, 0.6) is 0 Å². The molecular weight excluding hydrogens is 455 g/mol. The normalized spacial score (nSPS) is 14.1. The molecule has 0 saturated carbocycles. The number of carbonyl (C=O) groups is 1. The minimum Gasteiger partial charge on any atom is -0.331 e. The number of hydrogen-bond donors (Lipinski definition) is 0. The highest BCUT2D eigenvalue weighted by Gasteiger charge is 2.27. The summed E-state index contributed by atoms with van der Waals surface area (Å²) in [5, 5.41) is 0. The molecule has 1 aromatic heterocycles. The number of anilines is 1. The lowest BCUT2D eigenvalue weighted by molar-refractivity contribution is -0.118. The fourth-order valence-electron chi connectivity index (χ4n) is 4.77. The molecular formula is C25H31FN4O3S. The van der Waals surface area contributed by atoms with Gasteiger partial charge >= 0.3 is 0 Å². The summed E-state index contributed by atoms with van der Waals surface area (Å²) in [5.74, 6) is 0.190. The van der Waals surface area contributed by atoms with Crippen molar-refractivity contribution < 1.29 is 17.6 Å². The Kier molecular flexibility index (Phi) is 6.78. The van der Waals surface area contributed by atoms with Crippen LogP contribution in [0, 0.1) is 12.7 Å². The van der Waals surface area contributed by atoms with Crippen molar-refractivity contribution in [2.45, 2.75) is 51.3 Å². The maximum Gasteiger partial charge on any atom is 0.243 e. The van der Waals surface area contributed by atoms with Crippen molar-refractivity contribution in [3.63, 3.8) is 0 Å². The van der Waals surface area contributed by atoms with Gasteiger partial charge in [0.05, 0.1) is 21.6 Å². The number of rotatable bonds is 7. The standard InChI is InChI=1S/C25H31FN4O3S/c1-5-29(6-2)34(32,33)19-9-10-22-21(16-19)27-23(28(22)4)11-12-24(31)30-13-7-8-18-14-17(3)15-20(26)25(18)30/h9-10,14-16H,5-8,11-13H2,1-4H3. The van der Waals surface area contributed by atoms with Crippen molar-refractivity contribution in [2.24, 2.45) is 7.05 Å². The van der Waals surface area contributed by atoms with E-state index in [9.17, 15) is 17.6 Å². The number of halogens is 1. The zero-order valence-corrected chi connectivity index (χ0v) is 21.0. The van der Waals surface area contributed by atoms with E-state index in [1.165, 1.54) is 10.4 Å². The van der Waals surface area contributed by atoms with Gasteiger partial charge in [-0.05, 0) is 55.2 Å². The number of aromatic nitrogens is 2. The van der Waals surface area contributed by atoms with Gasteiger partial charge in [0.15, 0.2) is 0 Å². The summed E-state index contributed by atoms with van der Waals surface area (Å²) in [6.07, 6.45) is 2.13. The Balaban J connectivity index is 1.56. The van der Waals surface area contributed by atoms with E-state index >= 15 is 0 Å². The molecule has 2 heterocycles. The first-order chi connectivity index (χ1) is 16.2. The van der Waals surface area contributed by atoms with E-state index in [0.29, 0.717) is 43.1 Å². The molecule has 0 bridgehead atoms. The van der Waals surface area contributed by atoms with Crippen LogP contribution < -0.4 is 4.90 Å². The van der Waals surface area contributed by atoms with Crippen LogP contribution in [0.2, 0.25) is 0 Å². The Morgan fingerprint density at radius 2 is 1.91 bits per heavy atom. The molecule has 4 rings (SSSR count). The molecule has 0 fully saturated rings. The molecule has 3 aromatic rings. The SMILES string of the molecule is CCN(CC)S(=O)(=O)c1ccc2c(c1)nc(CCC(=O)N1CCCc3cc(C)cc(F)c31)n2C. The number of sulfonamides is 1. The van der Waals surface area contributed by atoms with Crippen LogP contribution in [0.3, 0.4) is 0 Å². The fourth-order valence-corrected chi connectivity index (χ4v) is 6.25. The summed E-state index contributed by atoms with van der Waals surface area (Å²) in [5.41, 5.74) is 3.50. The third-order valence-electron chi connectivity index (χ3n) is 6.54. The van der Waals surface area contributed by atoms with Crippen molar-refractivity contribution in [2.75, 3.05) is 24.5 Å². The van der Waals surface area contributed by atoms with Gasteiger partial charge in [-0.2, -0.15) is 4.31 Å². The van der Waals surface area contributed by atoms with Crippen LogP contribution in [0.4, 0.5) is 10.1 Å². The first-order valence-electron chi connectivity index (χ1n) is 11.7. The Bertz CT molecular complexity index is 1350. The molecule has 2 aromatic carbocycles. The second-order valence-electron chi connectivity index (χ2n) is 8.73. The predicted molar refractivity (Wildman–Crippen MR) is 131 cm³/mol. The lowest BCUT2D eigenvalue weighted by Crippen LogP contribution is -2.36. The van der Waals surface area contributed by atoms with Gasteiger partial charge in [-0.3, -0.25) is 4.79 Å². The monoisotopic (exact) mass is 486 g/mol. The third kappa shape index (κ3) is 4.34. The number of benzene rings is 2. The Hall–Kier alpha value is -2.78. The highest BCUT2D eigenvalue weighted by Crippen LogP contribution is 2.32. The number of nitrogens with zero attached hydrogens (tertiary/aromatic N) is 4. The van der Waals surface area contributed by atoms with Gasteiger partial charge in [-0.25, -0.2) is 17.8 Å². The average Bonchev–Trinajstić information content (AvgIpc) is 3.12. The van der Waals surface area contributed by atoms with Gasteiger partial charge < -0.3 is 9.47 Å². The maximum absolute atomic E-state index is 14.7. The van der Waals surface area contributed by atoms with Gasteiger partial charge in [0.2, 0.25) is 15.9 Å². The van der Waals surface area contributed by atoms with Crippen molar-refractivity contribution in [1.29, 1.82) is 0 Å². The second-order valence-corrected chi connectivity index (χ2v) is 10.7. The van der Waals surface area contributed by atoms with Crippen LogP contribution in [-0.2, 0) is 34.7 Å². The van der Waals surface area contributed by atoms with Gasteiger partial charge in [0.1, 0.15) is 11.6 Å². The van der Waals surface area contributed by atoms with Gasteiger partial charge in [-0.1, -0.05) is 19.9 Å². The average molecular weight is 487 g/mol. The largest absolute Gasteiger partial charge is 0.331 e. The van der Waals surface area contributed by atoms with Crippen molar-refractivity contribution in [3.8, 4) is 0 Å². The number of imidazole rings is 1. The molecule has 7 nitrogen and oxygen atoms in total. The second kappa shape index (κ2) is 9.46. The first kappa shape index (κ1) is 24.3. The topological polar surface area (TPSA) is 75.5 Å². The maximum atomic E-state index is 14.7. The van der Waals surface area contributed by atoms with Crippen LogP contribution >= 0.6 is 0 Å². The van der Waals surface area contributed by atoms with Gasteiger partial charge in [0.25, 0.3) is 0 Å². The molecule has 1 aliphatic rings. The lowest BCUT2D eigenvalue weighted by atomic mass is 9.98. The number of aryl methyl sites for hydroxylation is 4. The van der Waals surface area contributed by atoms with E-state index in [1.807, 2.05) is 38.5 Å². The molecule has 0 atom stereocenters. The smallest absolute Gasteiger partial charge is 0.243 e. The number of amides is 1. The summed E-state index contributed by atoms with van der Waals surface area (Å²) in [4.78, 5) is 19.5. The molecule has 0 radical (unpaired) electrons. The minimum atomic E-state index is -3.58. The van der Waals surface area contributed by atoms with E-state index in [-0.39, 0.29) is 23.0 Å². The Labute approximate surface area is 200 Å². The molecule has 1 aliphatic heterocycles. The molecule has 182 valence electrons. The molecule has 0 unspecified atom stereocenters. The first-order valence-corrected chi connectivity index (χ1v) is 13.2. The van der Waals surface area contributed by atoms with Crippen molar-refractivity contribution in [3.05, 3.63) is 53.1 Å². The van der Waals surface area contributed by atoms with Crippen molar-refractivity contribution >= 4 is 32.7 Å². The number of hydrogen-bond acceptors (Lipinski definition) is 4. The van der Waals surface area contributed by atoms with Crippen LogP contribution in [-0.4, -0.2) is 47.8 Å². The van der Waals surface area contributed by atoms with Crippen LogP contribution in [0.15, 0.2) is 35.2 Å². The molecule has 0 N–H and O–H groups in total. The summed E-state index contributed by atoms with van der Waals surface area (Å²) >= 11 is 0. The molecule has 1 amide bonds. The van der Waals surface area contributed by atoms with E-state index < -0.39 is 10.0 Å². The highest BCUT2D eigenvalue weighted by atomic mass is 32.2. The quantitative estimate of drug-likeness (QED) is 0.507. The lowest BCUT2D eigenvalue weighted by Gasteiger charge is -2.30. The molecule has 34 heavy (non-hydrogen) atoms. The zero-order chi connectivity index (χ0) is 24.6. The minimum absolute atomic E-state index is 0.138. The summed E-state index contributed by atoms with van der Waals surface area (Å²) in [7, 11) is -1.73. The Morgan fingerprint density at radius 3 is 2.62 bits per heavy atom. The fraction of sp³-hybridized carbons (Fsp3) is 0.440. The zero-order valence-electron chi connectivity index (χ0n) is 20.1. The molecule has 0 saturated heterocycles. The molecule has 0 spiro atoms. The van der Waals surface area contributed by atoms with Gasteiger partial charge in [-0.15, -0.1) is 0 Å². The van der Waals surface area contributed by atoms with E-state index in [4.69, 9.17) is 0 Å². The van der Waals surface area contributed by atoms with E-state index in [0.717, 1.165) is 29.5 Å². The Morgan fingerprint density at radius 1 is 1.18 bits per heavy atom. The van der Waals surface area contributed by atoms with Crippen LogP contribution in [0.25, 0.3) is 11.0 Å². The van der Waals surface area contributed by atoms with Crippen molar-refractivity contribution in [1.82, 2.24) is 13.9 Å². The molecule has 0 aliphatic carbocycles. The summed E-state index contributed by atoms with van der Waals surface area (Å²) < 4.78 is 43.7. The van der Waals surface area contributed by atoms with Gasteiger partial charge in [0, 0.05) is 39.5 Å². The molecule has 9 heteroatoms.